The first-order valence-corrected chi connectivity index (χ1v) is 6.18. The molecule has 2 rings (SSSR count). The van der Waals surface area contributed by atoms with E-state index in [9.17, 15) is 0 Å². The van der Waals surface area contributed by atoms with Gasteiger partial charge in [0.25, 0.3) is 0 Å². The Labute approximate surface area is 94.3 Å². The Morgan fingerprint density at radius 2 is 1.38 bits per heavy atom. The van der Waals surface area contributed by atoms with Crippen molar-refractivity contribution in [3.05, 3.63) is 54.6 Å². The molecule has 0 aliphatic carbocycles. The van der Waals surface area contributed by atoms with Crippen LogP contribution < -0.4 is 3.12 Å². The van der Waals surface area contributed by atoms with Crippen molar-refractivity contribution in [3.63, 3.8) is 0 Å². The molecule has 13 heavy (non-hydrogen) atoms. The molecule has 2 aromatic carbocycles. The van der Waals surface area contributed by atoms with E-state index in [2.05, 4.69) is 48.5 Å². The van der Waals surface area contributed by atoms with Gasteiger partial charge in [0.2, 0.25) is 0 Å². The van der Waals surface area contributed by atoms with Crippen LogP contribution >= 0.6 is 0 Å². The molecule has 0 spiro atoms. The Kier molecular flexibility index (Phi) is 2.78. The average molecular weight is 360 g/mol. The molecule has 2 aromatic rings. The van der Waals surface area contributed by atoms with Crippen LogP contribution in [-0.4, -0.2) is 25.8 Å². The van der Waals surface area contributed by atoms with Gasteiger partial charge in [-0.15, -0.1) is 0 Å². The summed E-state index contributed by atoms with van der Waals surface area (Å²) in [6.07, 6.45) is 0. The molecule has 0 fully saturated rings. The summed E-state index contributed by atoms with van der Waals surface area (Å²) in [5, 5.41) is 0. The van der Waals surface area contributed by atoms with Gasteiger partial charge in [0, 0.05) is 0 Å². The third-order valence-electron chi connectivity index (χ3n) is 1.97. The fraction of sp³-hybridized carbons (Fsp3) is 0. The molecule has 0 heterocycles. The number of hydrogen-bond donors (Lipinski definition) is 0. The Bertz CT molecular complexity index is 393. The van der Waals surface area contributed by atoms with Crippen molar-refractivity contribution in [2.75, 3.05) is 0 Å². The average Bonchev–Trinajstić information content (AvgIpc) is 2.19. The van der Waals surface area contributed by atoms with Gasteiger partial charge >= 0.3 is 94.6 Å². The molecule has 0 aliphatic heterocycles. The molecule has 0 saturated heterocycles. The van der Waals surface area contributed by atoms with Crippen LogP contribution in [0.3, 0.4) is 0 Å². The molecule has 0 aliphatic rings. The molecular weight excluding hydrogens is 351 g/mol. The fourth-order valence-corrected chi connectivity index (χ4v) is 2.31. The first-order valence-electron chi connectivity index (χ1n) is 4.23. The van der Waals surface area contributed by atoms with Gasteiger partial charge in [-0.25, -0.2) is 0 Å². The Morgan fingerprint density at radius 3 is 2.08 bits per heavy atom. The molecule has 1 heteroatoms. The second-order valence-corrected chi connectivity index (χ2v) is 5.19. The molecule has 3 radical (unpaired) electrons. The third kappa shape index (κ3) is 2.18. The summed E-state index contributed by atoms with van der Waals surface area (Å²) < 4.78 is 1.45. The van der Waals surface area contributed by atoms with Crippen molar-refractivity contribution in [1.29, 1.82) is 0 Å². The summed E-state index contributed by atoms with van der Waals surface area (Å²) in [6.45, 7) is 0. The van der Waals surface area contributed by atoms with Gasteiger partial charge in [-0.2, -0.15) is 0 Å². The van der Waals surface area contributed by atoms with Crippen LogP contribution in [0.5, 0.6) is 0 Å². The molecule has 0 N–H and O–H groups in total. The maximum absolute atomic E-state index is 2.27. The van der Waals surface area contributed by atoms with Crippen molar-refractivity contribution in [1.82, 2.24) is 0 Å². The number of benzene rings is 2. The Hall–Kier alpha value is -0.638. The summed E-state index contributed by atoms with van der Waals surface area (Å²) in [5.41, 5.74) is 2.63. The van der Waals surface area contributed by atoms with Crippen molar-refractivity contribution >= 4 is 28.9 Å². The summed E-state index contributed by atoms with van der Waals surface area (Å²) in [7, 11) is 0. The van der Waals surface area contributed by atoms with E-state index in [1.165, 1.54) is 14.2 Å². The van der Waals surface area contributed by atoms with Crippen LogP contribution in [0, 0.1) is 0 Å². The van der Waals surface area contributed by atoms with Gasteiger partial charge in [-0.05, 0) is 0 Å². The van der Waals surface area contributed by atoms with Crippen LogP contribution in [0.4, 0.5) is 0 Å². The van der Waals surface area contributed by atoms with E-state index in [-0.39, 0.29) is 0 Å². The van der Waals surface area contributed by atoms with E-state index in [0.717, 1.165) is 25.8 Å². The van der Waals surface area contributed by atoms with E-state index in [4.69, 9.17) is 0 Å². The zero-order valence-electron chi connectivity index (χ0n) is 7.20. The molecule has 0 saturated carbocycles. The van der Waals surface area contributed by atoms with E-state index in [1.807, 2.05) is 6.07 Å². The zero-order chi connectivity index (χ0) is 9.10. The van der Waals surface area contributed by atoms with Crippen molar-refractivity contribution in [3.8, 4) is 11.1 Å². The quantitative estimate of drug-likeness (QED) is 0.684. The number of hydrogen-bond acceptors (Lipinski definition) is 0. The van der Waals surface area contributed by atoms with E-state index in [0.29, 0.717) is 0 Å². The monoisotopic (exact) mass is 361 g/mol. The number of rotatable bonds is 1. The first-order chi connectivity index (χ1) is 6.36. The maximum atomic E-state index is 2.27. The molecular formula is C12H9Pb. The van der Waals surface area contributed by atoms with E-state index >= 15 is 0 Å². The second kappa shape index (κ2) is 4.05. The zero-order valence-corrected chi connectivity index (χ0v) is 11.1. The molecule has 0 amide bonds. The molecule has 0 atom stereocenters. The minimum absolute atomic E-state index is 1.12. The molecule has 0 aromatic heterocycles. The Balaban J connectivity index is 2.48. The Morgan fingerprint density at radius 1 is 0.692 bits per heavy atom. The predicted octanol–water partition coefficient (Wildman–Crippen LogP) is 2.15. The topological polar surface area (TPSA) is 0 Å². The summed E-state index contributed by atoms with van der Waals surface area (Å²) in [5.74, 6) is 0. The summed E-state index contributed by atoms with van der Waals surface area (Å²) in [4.78, 5) is 0. The van der Waals surface area contributed by atoms with E-state index in [1.54, 1.807) is 0 Å². The van der Waals surface area contributed by atoms with Gasteiger partial charge in [-0.3, -0.25) is 0 Å². The molecule has 61 valence electrons. The SMILES string of the molecule is [Pb][c]1cccc(-c2ccccc2)c1. The second-order valence-electron chi connectivity index (χ2n) is 2.95. The van der Waals surface area contributed by atoms with E-state index < -0.39 is 0 Å². The van der Waals surface area contributed by atoms with Gasteiger partial charge in [0.05, 0.1) is 0 Å². The van der Waals surface area contributed by atoms with Crippen LogP contribution in [-0.2, 0) is 0 Å². The van der Waals surface area contributed by atoms with Crippen molar-refractivity contribution in [2.45, 2.75) is 0 Å². The molecule has 0 unspecified atom stereocenters. The van der Waals surface area contributed by atoms with Crippen LogP contribution in [0.1, 0.15) is 0 Å². The summed E-state index contributed by atoms with van der Waals surface area (Å²) >= 11 is 1.12. The van der Waals surface area contributed by atoms with Crippen molar-refractivity contribution < 1.29 is 0 Å². The fourth-order valence-electron chi connectivity index (χ4n) is 1.33. The van der Waals surface area contributed by atoms with Crippen LogP contribution in [0.15, 0.2) is 54.6 Å². The van der Waals surface area contributed by atoms with Crippen LogP contribution in [0.25, 0.3) is 11.1 Å². The third-order valence-corrected chi connectivity index (χ3v) is 3.18. The first kappa shape index (κ1) is 8.94. The van der Waals surface area contributed by atoms with Gasteiger partial charge in [-0.1, -0.05) is 0 Å². The summed E-state index contributed by atoms with van der Waals surface area (Å²) in [6, 6.07) is 19.2. The molecule has 0 nitrogen and oxygen atoms in total. The minimum atomic E-state index is 1.12. The van der Waals surface area contributed by atoms with Gasteiger partial charge in [0.1, 0.15) is 0 Å². The standard InChI is InChI=1S/C12H9.Pb/c1-3-7-11(8-4-1)12-9-5-2-6-10-12;/h1-5,7-10H;. The predicted molar refractivity (Wildman–Crippen MR) is 57.3 cm³/mol. The molecule has 0 bridgehead atoms. The van der Waals surface area contributed by atoms with Gasteiger partial charge in [0.15, 0.2) is 0 Å². The van der Waals surface area contributed by atoms with Crippen molar-refractivity contribution in [2.24, 2.45) is 0 Å². The van der Waals surface area contributed by atoms with Gasteiger partial charge < -0.3 is 0 Å². The normalized spacial score (nSPS) is 9.92. The van der Waals surface area contributed by atoms with Crippen LogP contribution in [0.2, 0.25) is 0 Å².